The van der Waals surface area contributed by atoms with Gasteiger partial charge in [0.25, 0.3) is 0 Å². The molecule has 1 atom stereocenters. The van der Waals surface area contributed by atoms with Crippen LogP contribution in [-0.2, 0) is 11.2 Å². The highest BCUT2D eigenvalue weighted by Gasteiger charge is 2.43. The average molecular weight is 220 g/mol. The Balaban J connectivity index is 1.91. The first-order valence-corrected chi connectivity index (χ1v) is 6.00. The maximum absolute atomic E-state index is 10.5. The lowest BCUT2D eigenvalue weighted by molar-refractivity contribution is -0.0535. The van der Waals surface area contributed by atoms with Crippen LogP contribution in [0.3, 0.4) is 0 Å². The lowest BCUT2D eigenvalue weighted by Gasteiger charge is -2.27. The van der Waals surface area contributed by atoms with E-state index in [0.29, 0.717) is 12.5 Å². The minimum atomic E-state index is -0.607. The van der Waals surface area contributed by atoms with Gasteiger partial charge in [-0.1, -0.05) is 30.3 Å². The second-order valence-corrected chi connectivity index (χ2v) is 4.80. The van der Waals surface area contributed by atoms with Crippen molar-refractivity contribution in [2.75, 3.05) is 13.7 Å². The minimum Gasteiger partial charge on any atom is -0.387 e. The summed E-state index contributed by atoms with van der Waals surface area (Å²) in [5.74, 6) is 0.455. The van der Waals surface area contributed by atoms with Gasteiger partial charge in [0.05, 0.1) is 12.2 Å². The lowest BCUT2D eigenvalue weighted by Crippen LogP contribution is -2.37. The fraction of sp³-hybridized carbons (Fsp3) is 0.571. The Morgan fingerprint density at radius 3 is 2.56 bits per heavy atom. The molecular weight excluding hydrogens is 200 g/mol. The average Bonchev–Trinajstić information content (AvgIpc) is 3.12. The molecule has 16 heavy (non-hydrogen) atoms. The topological polar surface area (TPSA) is 29.5 Å². The predicted molar refractivity (Wildman–Crippen MR) is 64.3 cm³/mol. The fourth-order valence-electron chi connectivity index (χ4n) is 2.27. The minimum absolute atomic E-state index is 0.455. The van der Waals surface area contributed by atoms with Crippen molar-refractivity contribution < 1.29 is 9.84 Å². The van der Waals surface area contributed by atoms with Crippen LogP contribution in [0.4, 0.5) is 0 Å². The van der Waals surface area contributed by atoms with Crippen LogP contribution in [-0.4, -0.2) is 24.4 Å². The molecule has 2 nitrogen and oxygen atoms in total. The molecule has 1 unspecified atom stereocenters. The van der Waals surface area contributed by atoms with E-state index in [1.807, 2.05) is 18.2 Å². The van der Waals surface area contributed by atoms with Crippen LogP contribution in [0.15, 0.2) is 30.3 Å². The first-order chi connectivity index (χ1) is 7.74. The largest absolute Gasteiger partial charge is 0.387 e. The summed E-state index contributed by atoms with van der Waals surface area (Å²) in [6, 6.07) is 10.3. The van der Waals surface area contributed by atoms with Gasteiger partial charge in [-0.05, 0) is 37.2 Å². The van der Waals surface area contributed by atoms with Crippen molar-refractivity contribution in [2.45, 2.75) is 31.3 Å². The standard InChI is InChI=1S/C14H20O2/c1-16-11-14(15,13-7-8-13)10-9-12-5-3-2-4-6-12/h2-6,13,15H,7-11H2,1H3. The maximum Gasteiger partial charge on any atom is 0.0911 e. The Morgan fingerprint density at radius 1 is 1.31 bits per heavy atom. The molecule has 2 rings (SSSR count). The number of methoxy groups -OCH3 is 1. The summed E-state index contributed by atoms with van der Waals surface area (Å²) in [7, 11) is 1.66. The molecule has 0 amide bonds. The Labute approximate surface area is 97.3 Å². The quantitative estimate of drug-likeness (QED) is 0.797. The van der Waals surface area contributed by atoms with E-state index in [4.69, 9.17) is 4.74 Å². The third-order valence-electron chi connectivity index (χ3n) is 3.42. The van der Waals surface area contributed by atoms with Crippen LogP contribution in [0.2, 0.25) is 0 Å². The third-order valence-corrected chi connectivity index (χ3v) is 3.42. The molecule has 1 fully saturated rings. The molecule has 0 heterocycles. The number of hydrogen-bond donors (Lipinski definition) is 1. The fourth-order valence-corrected chi connectivity index (χ4v) is 2.27. The van der Waals surface area contributed by atoms with E-state index in [1.54, 1.807) is 7.11 Å². The summed E-state index contributed by atoms with van der Waals surface area (Å²) in [5, 5.41) is 10.5. The molecule has 0 radical (unpaired) electrons. The van der Waals surface area contributed by atoms with Crippen molar-refractivity contribution in [1.29, 1.82) is 0 Å². The van der Waals surface area contributed by atoms with Gasteiger partial charge < -0.3 is 9.84 Å². The van der Waals surface area contributed by atoms with E-state index in [-0.39, 0.29) is 0 Å². The van der Waals surface area contributed by atoms with Crippen molar-refractivity contribution in [1.82, 2.24) is 0 Å². The van der Waals surface area contributed by atoms with E-state index in [2.05, 4.69) is 12.1 Å². The van der Waals surface area contributed by atoms with Crippen LogP contribution < -0.4 is 0 Å². The predicted octanol–water partition coefficient (Wildman–Crippen LogP) is 2.41. The molecule has 0 aromatic heterocycles. The molecule has 2 heteroatoms. The summed E-state index contributed by atoms with van der Waals surface area (Å²) in [4.78, 5) is 0. The number of ether oxygens (including phenoxy) is 1. The summed E-state index contributed by atoms with van der Waals surface area (Å²) in [6.07, 6.45) is 4.02. The highest BCUT2D eigenvalue weighted by atomic mass is 16.5. The second-order valence-electron chi connectivity index (χ2n) is 4.80. The molecule has 0 spiro atoms. The van der Waals surface area contributed by atoms with Crippen molar-refractivity contribution >= 4 is 0 Å². The van der Waals surface area contributed by atoms with E-state index >= 15 is 0 Å². The van der Waals surface area contributed by atoms with Crippen molar-refractivity contribution in [3.05, 3.63) is 35.9 Å². The molecule has 1 aromatic carbocycles. The first-order valence-electron chi connectivity index (χ1n) is 6.00. The Kier molecular flexibility index (Phi) is 3.62. The van der Waals surface area contributed by atoms with Gasteiger partial charge in [0.2, 0.25) is 0 Å². The molecule has 1 aliphatic carbocycles. The molecule has 88 valence electrons. The summed E-state index contributed by atoms with van der Waals surface area (Å²) >= 11 is 0. The van der Waals surface area contributed by atoms with Crippen LogP contribution in [0.1, 0.15) is 24.8 Å². The van der Waals surface area contributed by atoms with E-state index in [0.717, 1.165) is 25.7 Å². The molecule has 1 saturated carbocycles. The zero-order chi connectivity index (χ0) is 11.4. The van der Waals surface area contributed by atoms with E-state index < -0.39 is 5.60 Å². The number of hydrogen-bond acceptors (Lipinski definition) is 2. The Morgan fingerprint density at radius 2 is 2.00 bits per heavy atom. The third kappa shape index (κ3) is 2.83. The van der Waals surface area contributed by atoms with Crippen LogP contribution >= 0.6 is 0 Å². The normalized spacial score (nSPS) is 19.4. The number of rotatable bonds is 6. The van der Waals surface area contributed by atoms with E-state index in [1.165, 1.54) is 5.56 Å². The van der Waals surface area contributed by atoms with E-state index in [9.17, 15) is 5.11 Å². The first kappa shape index (κ1) is 11.6. The van der Waals surface area contributed by atoms with Crippen LogP contribution in [0, 0.1) is 5.92 Å². The molecule has 0 bridgehead atoms. The van der Waals surface area contributed by atoms with Gasteiger partial charge in [-0.15, -0.1) is 0 Å². The SMILES string of the molecule is COCC(O)(CCc1ccccc1)C1CC1. The molecule has 0 saturated heterocycles. The Bertz CT molecular complexity index is 319. The van der Waals surface area contributed by atoms with Gasteiger partial charge in [-0.2, -0.15) is 0 Å². The molecular formula is C14H20O2. The number of aliphatic hydroxyl groups is 1. The molecule has 1 aliphatic rings. The van der Waals surface area contributed by atoms with Gasteiger partial charge in [-0.25, -0.2) is 0 Å². The molecule has 1 N–H and O–H groups in total. The van der Waals surface area contributed by atoms with Gasteiger partial charge in [-0.3, -0.25) is 0 Å². The van der Waals surface area contributed by atoms with Crippen molar-refractivity contribution in [3.63, 3.8) is 0 Å². The molecule has 0 aliphatic heterocycles. The van der Waals surface area contributed by atoms with Gasteiger partial charge in [0.1, 0.15) is 0 Å². The van der Waals surface area contributed by atoms with Crippen molar-refractivity contribution in [3.8, 4) is 0 Å². The van der Waals surface area contributed by atoms with Crippen LogP contribution in [0.5, 0.6) is 0 Å². The van der Waals surface area contributed by atoms with Gasteiger partial charge in [0.15, 0.2) is 0 Å². The maximum atomic E-state index is 10.5. The zero-order valence-corrected chi connectivity index (χ0v) is 9.86. The van der Waals surface area contributed by atoms with Gasteiger partial charge >= 0.3 is 0 Å². The highest BCUT2D eigenvalue weighted by Crippen LogP contribution is 2.42. The lowest BCUT2D eigenvalue weighted by atomic mass is 9.91. The van der Waals surface area contributed by atoms with Crippen LogP contribution in [0.25, 0.3) is 0 Å². The highest BCUT2D eigenvalue weighted by molar-refractivity contribution is 5.15. The second kappa shape index (κ2) is 4.98. The zero-order valence-electron chi connectivity index (χ0n) is 9.86. The van der Waals surface area contributed by atoms with Gasteiger partial charge in [0, 0.05) is 7.11 Å². The summed E-state index contributed by atoms with van der Waals surface area (Å²) in [6.45, 7) is 0.463. The Hall–Kier alpha value is -0.860. The summed E-state index contributed by atoms with van der Waals surface area (Å²) < 4.78 is 5.15. The monoisotopic (exact) mass is 220 g/mol. The molecule has 1 aromatic rings. The smallest absolute Gasteiger partial charge is 0.0911 e. The summed E-state index contributed by atoms with van der Waals surface area (Å²) in [5.41, 5.74) is 0.683. The van der Waals surface area contributed by atoms with Crippen molar-refractivity contribution in [2.24, 2.45) is 5.92 Å². The number of aryl methyl sites for hydroxylation is 1. The number of benzene rings is 1.